The fraction of sp³-hybridized carbons (Fsp3) is 0.333. The Morgan fingerprint density at radius 3 is 1.68 bits per heavy atom. The molecule has 2 fully saturated rings. The van der Waals surface area contributed by atoms with Crippen LogP contribution in [0.15, 0.2) is 164 Å². The van der Waals surface area contributed by atoms with E-state index in [1.54, 1.807) is 0 Å². The van der Waals surface area contributed by atoms with Crippen molar-refractivity contribution >= 4 is 18.7 Å². The maximum atomic E-state index is 7.52. The molecule has 8 heteroatoms. The Kier molecular flexibility index (Phi) is 13.1. The number of rotatable bonds is 17. The highest BCUT2D eigenvalue weighted by molar-refractivity contribution is 6.99. The van der Waals surface area contributed by atoms with Crippen molar-refractivity contribution in [1.29, 1.82) is 0 Å². The first kappa shape index (κ1) is 40.0. The lowest BCUT2D eigenvalue weighted by Crippen LogP contribution is -2.68. The summed E-state index contributed by atoms with van der Waals surface area (Å²) >= 11 is 0. The van der Waals surface area contributed by atoms with Crippen LogP contribution in [0.25, 0.3) is 0 Å². The first-order chi connectivity index (χ1) is 27.3. The van der Waals surface area contributed by atoms with Gasteiger partial charge in [0.25, 0.3) is 8.32 Å². The molecule has 2 saturated heterocycles. The summed E-state index contributed by atoms with van der Waals surface area (Å²) in [5.41, 5.74) is 2.81. The highest BCUT2D eigenvalue weighted by atomic mass is 28.4. The van der Waals surface area contributed by atoms with Crippen LogP contribution in [0.5, 0.6) is 0 Å². The van der Waals surface area contributed by atoms with E-state index >= 15 is 0 Å². The average Bonchev–Trinajstić information content (AvgIpc) is 3.62. The molecule has 0 bridgehead atoms. The maximum absolute atomic E-state index is 7.52. The fourth-order valence-corrected chi connectivity index (χ4v) is 12.4. The summed E-state index contributed by atoms with van der Waals surface area (Å²) < 4.78 is 48.8. The average molecular weight is 771 g/mol. The SMILES string of the molecule is C=CCCCOC1(c2ccccc2)O[C@H]2O[C@H](CO[Si](c3ccccc3)(c3ccccc3)C(C)(C)C)[C@@H](OCc3ccccc3)[C@H](OCc3ccccc3)[C@H]2O1. The highest BCUT2D eigenvalue weighted by Crippen LogP contribution is 2.46. The van der Waals surface area contributed by atoms with E-state index in [4.69, 9.17) is 32.8 Å². The minimum Gasteiger partial charge on any atom is -0.405 e. The van der Waals surface area contributed by atoms with Crippen molar-refractivity contribution in [1.82, 2.24) is 0 Å². The molecule has 0 spiro atoms. The predicted molar refractivity (Wildman–Crippen MR) is 222 cm³/mol. The summed E-state index contributed by atoms with van der Waals surface area (Å²) in [5.74, 6) is -1.52. The van der Waals surface area contributed by atoms with E-state index in [1.165, 1.54) is 10.4 Å². The van der Waals surface area contributed by atoms with E-state index in [9.17, 15) is 0 Å². The lowest BCUT2D eigenvalue weighted by atomic mass is 9.98. The van der Waals surface area contributed by atoms with Gasteiger partial charge in [-0.1, -0.05) is 179 Å². The van der Waals surface area contributed by atoms with E-state index in [1.807, 2.05) is 72.8 Å². The first-order valence-electron chi connectivity index (χ1n) is 19.7. The van der Waals surface area contributed by atoms with Gasteiger partial charge in [-0.15, -0.1) is 6.58 Å². The molecule has 0 amide bonds. The van der Waals surface area contributed by atoms with Crippen LogP contribution in [0, 0.1) is 0 Å². The standard InChI is InChI=1S/C48H54O7Si/c1-5-6-22-33-51-48(39-27-16-9-17-28-39)54-45-44(50-35-38-25-14-8-15-26-38)43(49-34-37-23-12-7-13-24-37)42(53-46(45)55-48)36-52-56(47(2,3)4,40-29-18-10-19-30-40)41-31-20-11-21-32-41/h5,7-21,23-32,42-46H,1,6,22,33-36H2,2-4H3/t42-,43-,44+,45-,46-,48?/m1/s1. The van der Waals surface area contributed by atoms with Crippen LogP contribution >= 0.6 is 0 Å². The number of allylic oxidation sites excluding steroid dienone is 1. The van der Waals surface area contributed by atoms with Gasteiger partial charge in [-0.2, -0.15) is 0 Å². The van der Waals surface area contributed by atoms with Crippen molar-refractivity contribution < 1.29 is 32.8 Å². The second kappa shape index (κ2) is 18.4. The number of hydrogen-bond acceptors (Lipinski definition) is 7. The summed E-state index contributed by atoms with van der Waals surface area (Å²) in [6.07, 6.45) is 0.0836. The Bertz CT molecular complexity index is 1880. The van der Waals surface area contributed by atoms with E-state index in [0.29, 0.717) is 19.8 Å². The molecule has 292 valence electrons. The fourth-order valence-electron chi connectivity index (χ4n) is 7.85. The van der Waals surface area contributed by atoms with Gasteiger partial charge in [0.2, 0.25) is 0 Å². The molecule has 2 aliphatic heterocycles. The van der Waals surface area contributed by atoms with E-state index in [-0.39, 0.29) is 11.6 Å². The van der Waals surface area contributed by atoms with Crippen LogP contribution in [0.1, 0.15) is 50.3 Å². The molecule has 5 aromatic carbocycles. The van der Waals surface area contributed by atoms with Gasteiger partial charge in [0.15, 0.2) is 6.29 Å². The Morgan fingerprint density at radius 2 is 1.16 bits per heavy atom. The smallest absolute Gasteiger partial charge is 0.314 e. The molecule has 7 nitrogen and oxygen atoms in total. The summed E-state index contributed by atoms with van der Waals surface area (Å²) in [6, 6.07) is 51.4. The summed E-state index contributed by atoms with van der Waals surface area (Å²) in [7, 11) is -2.96. The van der Waals surface area contributed by atoms with Crippen molar-refractivity contribution in [2.75, 3.05) is 13.2 Å². The Morgan fingerprint density at radius 1 is 0.661 bits per heavy atom. The molecule has 0 saturated carbocycles. The van der Waals surface area contributed by atoms with Gasteiger partial charge in [0, 0.05) is 5.56 Å². The predicted octanol–water partition coefficient (Wildman–Crippen LogP) is 8.67. The molecule has 0 N–H and O–H groups in total. The van der Waals surface area contributed by atoms with Crippen LogP contribution in [0.2, 0.25) is 5.04 Å². The van der Waals surface area contributed by atoms with Crippen LogP contribution in [0.3, 0.4) is 0 Å². The van der Waals surface area contributed by atoms with Crippen molar-refractivity contribution in [2.24, 2.45) is 0 Å². The van der Waals surface area contributed by atoms with Crippen molar-refractivity contribution in [3.63, 3.8) is 0 Å². The summed E-state index contributed by atoms with van der Waals surface area (Å²) in [6.45, 7) is 12.0. The third kappa shape index (κ3) is 8.84. The molecule has 1 unspecified atom stereocenters. The van der Waals surface area contributed by atoms with Gasteiger partial charge in [-0.25, -0.2) is 0 Å². The van der Waals surface area contributed by atoms with Crippen LogP contribution in [0.4, 0.5) is 0 Å². The number of unbranched alkanes of at least 4 members (excludes halogenated alkanes) is 1. The minimum atomic E-state index is -2.96. The van der Waals surface area contributed by atoms with Crippen molar-refractivity contribution in [3.05, 3.63) is 181 Å². The first-order valence-corrected chi connectivity index (χ1v) is 21.6. The van der Waals surface area contributed by atoms with E-state index < -0.39 is 45.0 Å². The highest BCUT2D eigenvalue weighted by Gasteiger charge is 2.61. The van der Waals surface area contributed by atoms with Crippen LogP contribution in [-0.4, -0.2) is 52.2 Å². The van der Waals surface area contributed by atoms with Gasteiger partial charge in [-0.3, -0.25) is 4.74 Å². The topological polar surface area (TPSA) is 64.6 Å². The number of benzene rings is 5. The normalized spacial score (nSPS) is 23.7. The van der Waals surface area contributed by atoms with Gasteiger partial charge in [0.05, 0.1) is 26.4 Å². The minimum absolute atomic E-state index is 0.225. The lowest BCUT2D eigenvalue weighted by molar-refractivity contribution is -0.367. The van der Waals surface area contributed by atoms with E-state index in [2.05, 4.69) is 112 Å². The Labute approximate surface area is 333 Å². The zero-order valence-electron chi connectivity index (χ0n) is 32.7. The molecular formula is C48H54O7Si. The molecule has 2 aliphatic rings. The zero-order chi connectivity index (χ0) is 38.9. The molecule has 0 aromatic heterocycles. The zero-order valence-corrected chi connectivity index (χ0v) is 33.7. The molecule has 7 rings (SSSR count). The second-order valence-electron chi connectivity index (χ2n) is 15.4. The third-order valence-electron chi connectivity index (χ3n) is 10.6. The number of ether oxygens (including phenoxy) is 6. The quantitative estimate of drug-likeness (QED) is 0.0533. The maximum Gasteiger partial charge on any atom is 0.314 e. The molecular weight excluding hydrogens is 717 g/mol. The second-order valence-corrected chi connectivity index (χ2v) is 19.7. The van der Waals surface area contributed by atoms with Gasteiger partial charge < -0.3 is 28.1 Å². The van der Waals surface area contributed by atoms with Crippen LogP contribution in [-0.2, 0) is 52.0 Å². The molecule has 56 heavy (non-hydrogen) atoms. The Balaban J connectivity index is 1.29. The lowest BCUT2D eigenvalue weighted by Gasteiger charge is -2.46. The van der Waals surface area contributed by atoms with Gasteiger partial charge in [0.1, 0.15) is 24.4 Å². The van der Waals surface area contributed by atoms with Crippen molar-refractivity contribution in [2.45, 2.75) is 88.5 Å². The third-order valence-corrected chi connectivity index (χ3v) is 15.6. The number of hydrogen-bond donors (Lipinski definition) is 0. The summed E-state index contributed by atoms with van der Waals surface area (Å²) in [5, 5.41) is 2.12. The molecule has 6 atom stereocenters. The van der Waals surface area contributed by atoms with Gasteiger partial charge >= 0.3 is 5.97 Å². The van der Waals surface area contributed by atoms with E-state index in [0.717, 1.165) is 29.5 Å². The summed E-state index contributed by atoms with van der Waals surface area (Å²) in [4.78, 5) is 0. The Hall–Kier alpha value is -4.22. The van der Waals surface area contributed by atoms with Crippen molar-refractivity contribution in [3.8, 4) is 0 Å². The molecule has 0 radical (unpaired) electrons. The molecule has 2 heterocycles. The largest absolute Gasteiger partial charge is 0.405 e. The molecule has 5 aromatic rings. The van der Waals surface area contributed by atoms with Gasteiger partial charge in [-0.05, 0) is 39.4 Å². The number of fused-ring (bicyclic) bond motifs is 1. The monoisotopic (exact) mass is 770 g/mol. The molecule has 0 aliphatic carbocycles. The van der Waals surface area contributed by atoms with Crippen LogP contribution < -0.4 is 10.4 Å².